The monoisotopic (exact) mass is 399 g/mol. The summed E-state index contributed by atoms with van der Waals surface area (Å²) in [4.78, 5) is 32.4. The summed E-state index contributed by atoms with van der Waals surface area (Å²) in [6, 6.07) is 19.3. The molecule has 2 aromatic carbocycles. The van der Waals surface area contributed by atoms with Gasteiger partial charge in [0.2, 0.25) is 0 Å². The molecular weight excluding hydrogens is 382 g/mol. The van der Waals surface area contributed by atoms with E-state index < -0.39 is 5.97 Å². The second kappa shape index (κ2) is 8.36. The van der Waals surface area contributed by atoms with E-state index in [9.17, 15) is 9.59 Å². The number of nitrogens with one attached hydrogen (secondary N) is 1. The van der Waals surface area contributed by atoms with Crippen LogP contribution in [0.15, 0.2) is 78.0 Å². The maximum absolute atomic E-state index is 12.5. The van der Waals surface area contributed by atoms with Crippen LogP contribution in [0, 0.1) is 0 Å². The van der Waals surface area contributed by atoms with Crippen molar-refractivity contribution in [2.75, 3.05) is 0 Å². The first kappa shape index (κ1) is 19.0. The lowest BCUT2D eigenvalue weighted by Gasteiger charge is -2.07. The summed E-state index contributed by atoms with van der Waals surface area (Å²) in [5.41, 5.74) is 5.61. The number of benzene rings is 2. The van der Waals surface area contributed by atoms with Gasteiger partial charge in [-0.15, -0.1) is 0 Å². The number of pyridine rings is 1. The summed E-state index contributed by atoms with van der Waals surface area (Å²) in [6.45, 7) is 0.0156. The predicted octanol–water partition coefficient (Wildman–Crippen LogP) is 2.95. The zero-order valence-corrected chi connectivity index (χ0v) is 15.8. The highest BCUT2D eigenvalue weighted by molar-refractivity contribution is 5.89. The molecule has 8 heteroatoms. The third-order valence-corrected chi connectivity index (χ3v) is 4.41. The van der Waals surface area contributed by atoms with Crippen molar-refractivity contribution in [3.05, 3.63) is 84.1 Å². The Kier molecular flexibility index (Phi) is 5.29. The number of hydrogen-bond donors (Lipinski definition) is 2. The molecular formula is C22H17N5O3. The molecule has 1 amide bonds. The highest BCUT2D eigenvalue weighted by Gasteiger charge is 2.15. The fourth-order valence-electron chi connectivity index (χ4n) is 3.00. The van der Waals surface area contributed by atoms with Gasteiger partial charge in [0, 0.05) is 6.20 Å². The third-order valence-electron chi connectivity index (χ3n) is 4.41. The van der Waals surface area contributed by atoms with Crippen molar-refractivity contribution in [1.29, 1.82) is 0 Å². The Labute approximate surface area is 171 Å². The van der Waals surface area contributed by atoms with Gasteiger partial charge in [-0.25, -0.2) is 15.2 Å². The minimum Gasteiger partial charge on any atom is -0.478 e. The van der Waals surface area contributed by atoms with Crippen molar-refractivity contribution in [2.45, 2.75) is 6.54 Å². The minimum atomic E-state index is -0.997. The number of aromatic carboxylic acids is 1. The van der Waals surface area contributed by atoms with E-state index in [4.69, 9.17) is 5.11 Å². The van der Waals surface area contributed by atoms with Gasteiger partial charge in [0.15, 0.2) is 5.82 Å². The van der Waals surface area contributed by atoms with E-state index in [2.05, 4.69) is 20.5 Å². The Morgan fingerprint density at radius 3 is 2.53 bits per heavy atom. The van der Waals surface area contributed by atoms with Crippen molar-refractivity contribution < 1.29 is 14.7 Å². The fourth-order valence-corrected chi connectivity index (χ4v) is 3.00. The zero-order valence-electron chi connectivity index (χ0n) is 15.8. The first-order chi connectivity index (χ1) is 14.6. The van der Waals surface area contributed by atoms with Crippen LogP contribution < -0.4 is 5.43 Å². The van der Waals surface area contributed by atoms with Crippen LogP contribution in [0.4, 0.5) is 0 Å². The number of carbonyl (C=O) groups excluding carboxylic acids is 1. The molecule has 0 atom stereocenters. The molecule has 0 aliphatic rings. The maximum atomic E-state index is 12.5. The number of aromatic nitrogens is 3. The van der Waals surface area contributed by atoms with Crippen molar-refractivity contribution in [3.8, 4) is 11.5 Å². The molecule has 30 heavy (non-hydrogen) atoms. The third kappa shape index (κ3) is 4.07. The Balaban J connectivity index is 1.52. The molecule has 4 aromatic rings. The number of hydrogen-bond acceptors (Lipinski definition) is 5. The van der Waals surface area contributed by atoms with Crippen LogP contribution in [0.2, 0.25) is 0 Å². The molecule has 0 aliphatic heterocycles. The van der Waals surface area contributed by atoms with Crippen molar-refractivity contribution in [1.82, 2.24) is 20.0 Å². The van der Waals surface area contributed by atoms with Crippen molar-refractivity contribution in [3.63, 3.8) is 0 Å². The van der Waals surface area contributed by atoms with Gasteiger partial charge in [-0.3, -0.25) is 9.78 Å². The largest absolute Gasteiger partial charge is 0.478 e. The van der Waals surface area contributed by atoms with Gasteiger partial charge in [0.25, 0.3) is 5.91 Å². The van der Waals surface area contributed by atoms with Crippen LogP contribution in [0.25, 0.3) is 22.6 Å². The van der Waals surface area contributed by atoms with Crippen LogP contribution in [0.3, 0.4) is 0 Å². The van der Waals surface area contributed by atoms with Crippen molar-refractivity contribution >= 4 is 29.1 Å². The molecule has 0 radical (unpaired) electrons. The summed E-state index contributed by atoms with van der Waals surface area (Å²) < 4.78 is 1.80. The lowest BCUT2D eigenvalue weighted by Crippen LogP contribution is -2.23. The summed E-state index contributed by atoms with van der Waals surface area (Å²) in [6.07, 6.45) is 3.13. The highest BCUT2D eigenvalue weighted by Crippen LogP contribution is 2.23. The van der Waals surface area contributed by atoms with E-state index in [1.807, 2.05) is 42.5 Å². The second-order valence-corrected chi connectivity index (χ2v) is 6.45. The quantitative estimate of drug-likeness (QED) is 0.383. The molecule has 0 saturated heterocycles. The molecule has 0 unspecified atom stereocenters. The Morgan fingerprint density at radius 1 is 1.03 bits per heavy atom. The molecule has 0 aliphatic carbocycles. The first-order valence-corrected chi connectivity index (χ1v) is 9.14. The molecule has 0 fully saturated rings. The second-order valence-electron chi connectivity index (χ2n) is 6.45. The molecule has 2 aromatic heterocycles. The Hall–Kier alpha value is -4.33. The number of rotatable bonds is 6. The van der Waals surface area contributed by atoms with Crippen LogP contribution in [0.5, 0.6) is 0 Å². The van der Waals surface area contributed by atoms with Gasteiger partial charge in [-0.2, -0.15) is 5.10 Å². The lowest BCUT2D eigenvalue weighted by molar-refractivity contribution is -0.121. The Bertz CT molecular complexity index is 1230. The van der Waals surface area contributed by atoms with E-state index in [1.54, 1.807) is 22.9 Å². The van der Waals surface area contributed by atoms with Gasteiger partial charge >= 0.3 is 5.97 Å². The van der Waals surface area contributed by atoms with E-state index in [1.165, 1.54) is 18.3 Å². The van der Waals surface area contributed by atoms with Crippen LogP contribution in [-0.4, -0.2) is 37.7 Å². The SMILES string of the molecule is O=C(Cn1c(-c2ccccn2)nc2ccccc21)N/N=C\c1ccc(C(=O)O)cc1. The summed E-state index contributed by atoms with van der Waals surface area (Å²) in [5, 5.41) is 12.9. The number of carboxylic acid groups (broad SMARTS) is 1. The molecule has 148 valence electrons. The number of para-hydroxylation sites is 2. The molecule has 8 nitrogen and oxygen atoms in total. The molecule has 4 rings (SSSR count). The fraction of sp³-hybridized carbons (Fsp3) is 0.0455. The van der Waals surface area contributed by atoms with E-state index in [0.717, 1.165) is 11.0 Å². The summed E-state index contributed by atoms with van der Waals surface area (Å²) in [7, 11) is 0. The smallest absolute Gasteiger partial charge is 0.335 e. The Morgan fingerprint density at radius 2 is 1.80 bits per heavy atom. The molecule has 0 bridgehead atoms. The van der Waals surface area contributed by atoms with Gasteiger partial charge in [-0.1, -0.05) is 30.3 Å². The van der Waals surface area contributed by atoms with Gasteiger partial charge in [-0.05, 0) is 42.0 Å². The van der Waals surface area contributed by atoms with Gasteiger partial charge < -0.3 is 9.67 Å². The number of amides is 1. The van der Waals surface area contributed by atoms with E-state index in [0.29, 0.717) is 17.1 Å². The zero-order chi connectivity index (χ0) is 20.9. The lowest BCUT2D eigenvalue weighted by atomic mass is 10.1. The average molecular weight is 399 g/mol. The molecule has 2 N–H and O–H groups in total. The topological polar surface area (TPSA) is 109 Å². The average Bonchev–Trinajstić information content (AvgIpc) is 3.13. The van der Waals surface area contributed by atoms with Crippen LogP contribution in [-0.2, 0) is 11.3 Å². The van der Waals surface area contributed by atoms with Crippen molar-refractivity contribution in [2.24, 2.45) is 5.10 Å². The van der Waals surface area contributed by atoms with Crippen LogP contribution in [0.1, 0.15) is 15.9 Å². The molecule has 0 saturated carbocycles. The number of carboxylic acids is 1. The van der Waals surface area contributed by atoms with E-state index in [-0.39, 0.29) is 18.0 Å². The number of imidazole rings is 1. The normalized spacial score (nSPS) is 11.1. The van der Waals surface area contributed by atoms with Crippen LogP contribution >= 0.6 is 0 Å². The number of hydrazone groups is 1. The standard InChI is InChI=1S/C22H17N5O3/c28-20(26-24-13-15-8-10-16(11-9-15)22(29)30)14-27-19-7-2-1-5-17(19)25-21(27)18-6-3-4-12-23-18/h1-13H,14H2,(H,26,28)(H,29,30)/b24-13-. The summed E-state index contributed by atoms with van der Waals surface area (Å²) in [5.74, 6) is -0.725. The van der Waals surface area contributed by atoms with Gasteiger partial charge in [0.1, 0.15) is 12.2 Å². The molecule has 0 spiro atoms. The predicted molar refractivity (Wildman–Crippen MR) is 112 cm³/mol. The van der Waals surface area contributed by atoms with Gasteiger partial charge in [0.05, 0.1) is 22.8 Å². The number of nitrogens with zero attached hydrogens (tertiary/aromatic N) is 4. The molecule has 2 heterocycles. The minimum absolute atomic E-state index is 0.0156. The number of fused-ring (bicyclic) bond motifs is 1. The first-order valence-electron chi connectivity index (χ1n) is 9.14. The summed E-state index contributed by atoms with van der Waals surface area (Å²) >= 11 is 0. The maximum Gasteiger partial charge on any atom is 0.335 e. The highest BCUT2D eigenvalue weighted by atomic mass is 16.4. The van der Waals surface area contributed by atoms with E-state index >= 15 is 0 Å². The number of carbonyl (C=O) groups is 2.